The van der Waals surface area contributed by atoms with Crippen molar-refractivity contribution in [1.82, 2.24) is 10.2 Å². The molecule has 0 fully saturated rings. The molecule has 0 saturated carbocycles. The van der Waals surface area contributed by atoms with Gasteiger partial charge in [0.15, 0.2) is 0 Å². The first-order valence-electron chi connectivity index (χ1n) is 12.0. The van der Waals surface area contributed by atoms with E-state index in [0.717, 1.165) is 15.4 Å². The summed E-state index contributed by atoms with van der Waals surface area (Å²) in [5, 5.41) is 2.58. The van der Waals surface area contributed by atoms with Gasteiger partial charge in [-0.25, -0.2) is 8.42 Å². The maximum Gasteiger partial charge on any atom is 0.264 e. The van der Waals surface area contributed by atoms with E-state index >= 15 is 0 Å². The third kappa shape index (κ3) is 6.89. The van der Waals surface area contributed by atoms with Crippen LogP contribution < -0.4 is 14.4 Å². The third-order valence-corrected chi connectivity index (χ3v) is 7.68. The number of carbonyl (C=O) groups is 2. The number of hydrogen-bond acceptors (Lipinski definition) is 5. The lowest BCUT2D eigenvalue weighted by Gasteiger charge is -2.32. The van der Waals surface area contributed by atoms with Crippen LogP contribution in [0.15, 0.2) is 83.8 Å². The zero-order valence-corrected chi connectivity index (χ0v) is 22.4. The summed E-state index contributed by atoms with van der Waals surface area (Å²) in [6, 6.07) is 21.3. The van der Waals surface area contributed by atoms with E-state index in [9.17, 15) is 18.0 Å². The van der Waals surface area contributed by atoms with Crippen molar-refractivity contribution >= 4 is 27.5 Å². The van der Waals surface area contributed by atoms with Crippen LogP contribution >= 0.6 is 0 Å². The van der Waals surface area contributed by atoms with Gasteiger partial charge in [0, 0.05) is 13.6 Å². The molecule has 2 amide bonds. The fraction of sp³-hybridized carbons (Fsp3) is 0.286. The zero-order valence-electron chi connectivity index (χ0n) is 21.5. The Bertz CT molecular complexity index is 1310. The van der Waals surface area contributed by atoms with Gasteiger partial charge in [-0.05, 0) is 62.7 Å². The highest BCUT2D eigenvalue weighted by molar-refractivity contribution is 7.92. The van der Waals surface area contributed by atoms with Crippen LogP contribution in [0.5, 0.6) is 5.75 Å². The smallest absolute Gasteiger partial charge is 0.264 e. The normalized spacial score (nSPS) is 11.9. The average molecular weight is 524 g/mol. The fourth-order valence-corrected chi connectivity index (χ4v) is 5.36. The molecule has 0 aliphatic carbocycles. The zero-order chi connectivity index (χ0) is 27.0. The largest absolute Gasteiger partial charge is 0.494 e. The van der Waals surface area contributed by atoms with Crippen LogP contribution in [0.4, 0.5) is 5.69 Å². The van der Waals surface area contributed by atoms with Crippen LogP contribution in [0.3, 0.4) is 0 Å². The summed E-state index contributed by atoms with van der Waals surface area (Å²) in [6.45, 7) is 5.55. The molecule has 0 aromatic heterocycles. The van der Waals surface area contributed by atoms with Gasteiger partial charge in [0.05, 0.1) is 17.2 Å². The number of likely N-dealkylation sites (N-methyl/N-ethyl adjacent to an activating group) is 1. The summed E-state index contributed by atoms with van der Waals surface area (Å²) in [5.41, 5.74) is 2.16. The van der Waals surface area contributed by atoms with Crippen LogP contribution in [0.2, 0.25) is 0 Å². The van der Waals surface area contributed by atoms with Crippen LogP contribution in [-0.2, 0) is 26.2 Å². The molecule has 0 aliphatic heterocycles. The number of nitrogens with one attached hydrogen (secondary N) is 1. The number of hydrogen-bond donors (Lipinski definition) is 1. The van der Waals surface area contributed by atoms with E-state index in [0.29, 0.717) is 18.0 Å². The van der Waals surface area contributed by atoms with Gasteiger partial charge in [0.25, 0.3) is 10.0 Å². The number of rotatable bonds is 11. The van der Waals surface area contributed by atoms with E-state index in [1.807, 2.05) is 38.1 Å². The van der Waals surface area contributed by atoms with Gasteiger partial charge in [-0.3, -0.25) is 13.9 Å². The SMILES string of the molecule is CCOc1ccc(N(CC(=O)N(Cc2cccc(C)c2)[C@@H](C)C(=O)NC)S(=O)(=O)c2ccccc2)cc1. The van der Waals surface area contributed by atoms with Crippen molar-refractivity contribution in [3.8, 4) is 5.75 Å². The summed E-state index contributed by atoms with van der Waals surface area (Å²) < 4.78 is 34.0. The number of benzene rings is 3. The molecule has 196 valence electrons. The number of sulfonamides is 1. The average Bonchev–Trinajstić information content (AvgIpc) is 2.90. The Balaban J connectivity index is 2.01. The Hall–Kier alpha value is -3.85. The third-order valence-electron chi connectivity index (χ3n) is 5.89. The molecule has 3 aromatic rings. The van der Waals surface area contributed by atoms with Crippen LogP contribution in [0.25, 0.3) is 0 Å². The first kappa shape index (κ1) is 27.7. The van der Waals surface area contributed by atoms with Crippen molar-refractivity contribution in [2.75, 3.05) is 24.5 Å². The van der Waals surface area contributed by atoms with E-state index < -0.39 is 28.5 Å². The van der Waals surface area contributed by atoms with Gasteiger partial charge in [0.2, 0.25) is 11.8 Å². The maximum atomic E-state index is 13.7. The molecule has 0 aliphatic rings. The minimum atomic E-state index is -4.09. The number of anilines is 1. The van der Waals surface area contributed by atoms with E-state index in [1.165, 1.54) is 24.1 Å². The quantitative estimate of drug-likeness (QED) is 0.413. The highest BCUT2D eigenvalue weighted by atomic mass is 32.2. The Morgan fingerprint density at radius 1 is 0.973 bits per heavy atom. The van der Waals surface area contributed by atoms with E-state index in [2.05, 4.69) is 5.32 Å². The maximum absolute atomic E-state index is 13.7. The summed E-state index contributed by atoms with van der Waals surface area (Å²) in [7, 11) is -2.59. The summed E-state index contributed by atoms with van der Waals surface area (Å²) in [4.78, 5) is 27.7. The number of ether oxygens (including phenoxy) is 1. The van der Waals surface area contributed by atoms with Crippen molar-refractivity contribution in [2.45, 2.75) is 38.3 Å². The minimum absolute atomic E-state index is 0.0567. The number of aryl methyl sites for hydroxylation is 1. The van der Waals surface area contributed by atoms with Gasteiger partial charge in [-0.2, -0.15) is 0 Å². The Morgan fingerprint density at radius 3 is 2.24 bits per heavy atom. The summed E-state index contributed by atoms with van der Waals surface area (Å²) in [6.07, 6.45) is 0. The van der Waals surface area contributed by atoms with Crippen molar-refractivity contribution < 1.29 is 22.7 Å². The Kier molecular flexibility index (Phi) is 9.30. The standard InChI is InChI=1S/C28H33N3O5S/c1-5-36-25-16-14-24(15-17-25)31(37(34,35)26-12-7-6-8-13-26)20-27(32)30(22(3)28(33)29-4)19-23-11-9-10-21(2)18-23/h6-18,22H,5,19-20H2,1-4H3,(H,29,33)/t22-/m0/s1. The highest BCUT2D eigenvalue weighted by Crippen LogP contribution is 2.26. The second-order valence-corrected chi connectivity index (χ2v) is 10.4. The molecule has 0 saturated heterocycles. The molecule has 0 bridgehead atoms. The lowest BCUT2D eigenvalue weighted by molar-refractivity contribution is -0.139. The molecule has 3 rings (SSSR count). The molecule has 37 heavy (non-hydrogen) atoms. The molecular weight excluding hydrogens is 490 g/mol. The van der Waals surface area contributed by atoms with Gasteiger partial charge in [-0.1, -0.05) is 48.0 Å². The Labute approximate surface area is 218 Å². The first-order valence-corrected chi connectivity index (χ1v) is 13.5. The van der Waals surface area contributed by atoms with Crippen LogP contribution in [0, 0.1) is 6.92 Å². The number of amides is 2. The highest BCUT2D eigenvalue weighted by Gasteiger charge is 2.32. The van der Waals surface area contributed by atoms with Gasteiger partial charge in [0.1, 0.15) is 18.3 Å². The van der Waals surface area contributed by atoms with Crippen molar-refractivity contribution in [2.24, 2.45) is 0 Å². The van der Waals surface area contributed by atoms with Crippen LogP contribution in [-0.4, -0.2) is 51.4 Å². The minimum Gasteiger partial charge on any atom is -0.494 e. The molecule has 9 heteroatoms. The van der Waals surface area contributed by atoms with Gasteiger partial charge in [-0.15, -0.1) is 0 Å². The molecule has 1 N–H and O–H groups in total. The van der Waals surface area contributed by atoms with Crippen molar-refractivity contribution in [3.05, 3.63) is 90.0 Å². The molecule has 0 spiro atoms. The fourth-order valence-electron chi connectivity index (χ4n) is 3.92. The second-order valence-electron chi connectivity index (χ2n) is 8.55. The molecule has 1 atom stereocenters. The molecule has 0 unspecified atom stereocenters. The number of carbonyl (C=O) groups excluding carboxylic acids is 2. The molecule has 3 aromatic carbocycles. The topological polar surface area (TPSA) is 96.0 Å². The second kappa shape index (κ2) is 12.4. The lowest BCUT2D eigenvalue weighted by Crippen LogP contribution is -2.50. The lowest BCUT2D eigenvalue weighted by atomic mass is 10.1. The first-order chi connectivity index (χ1) is 17.7. The predicted molar refractivity (Wildman–Crippen MR) is 144 cm³/mol. The summed E-state index contributed by atoms with van der Waals surface area (Å²) >= 11 is 0. The molecule has 0 heterocycles. The monoisotopic (exact) mass is 523 g/mol. The van der Waals surface area contributed by atoms with Crippen LogP contribution in [0.1, 0.15) is 25.0 Å². The van der Waals surface area contributed by atoms with Gasteiger partial charge >= 0.3 is 0 Å². The predicted octanol–water partition coefficient (Wildman–Crippen LogP) is 3.75. The van der Waals surface area contributed by atoms with Gasteiger partial charge < -0.3 is 15.0 Å². The molecule has 8 nitrogen and oxygen atoms in total. The number of nitrogens with zero attached hydrogens (tertiary/aromatic N) is 2. The molecular formula is C28H33N3O5S. The van der Waals surface area contributed by atoms with Crippen molar-refractivity contribution in [1.29, 1.82) is 0 Å². The Morgan fingerprint density at radius 2 is 1.65 bits per heavy atom. The van der Waals surface area contributed by atoms with Crippen molar-refractivity contribution in [3.63, 3.8) is 0 Å². The van der Waals surface area contributed by atoms with E-state index in [4.69, 9.17) is 4.74 Å². The summed E-state index contributed by atoms with van der Waals surface area (Å²) in [5.74, 6) is -0.269. The van der Waals surface area contributed by atoms with E-state index in [1.54, 1.807) is 49.4 Å². The van der Waals surface area contributed by atoms with E-state index in [-0.39, 0.29) is 17.3 Å². The molecule has 0 radical (unpaired) electrons.